The summed E-state index contributed by atoms with van der Waals surface area (Å²) in [5.41, 5.74) is 1.65. The highest BCUT2D eigenvalue weighted by atomic mass is 19.1. The van der Waals surface area contributed by atoms with Crippen LogP contribution >= 0.6 is 0 Å². The molecule has 2 saturated heterocycles. The molecular weight excluding hydrogens is 257 g/mol. The second kappa shape index (κ2) is 4.38. The van der Waals surface area contributed by atoms with Crippen molar-refractivity contribution in [2.45, 2.75) is 44.2 Å². The molecule has 20 heavy (non-hydrogen) atoms. The third-order valence-electron chi connectivity index (χ3n) is 4.49. The summed E-state index contributed by atoms with van der Waals surface area (Å²) < 4.78 is 18.6. The summed E-state index contributed by atoms with van der Waals surface area (Å²) in [4.78, 5) is 4.53. The van der Waals surface area contributed by atoms with Crippen LogP contribution < -0.4 is 5.32 Å². The van der Waals surface area contributed by atoms with E-state index in [9.17, 15) is 4.39 Å². The third kappa shape index (κ3) is 1.85. The van der Waals surface area contributed by atoms with Gasteiger partial charge in [-0.3, -0.25) is 0 Å². The van der Waals surface area contributed by atoms with Gasteiger partial charge in [0.2, 0.25) is 11.7 Å². The maximum atomic E-state index is 13.1. The summed E-state index contributed by atoms with van der Waals surface area (Å²) >= 11 is 0. The number of aromatic nitrogens is 2. The van der Waals surface area contributed by atoms with Crippen LogP contribution in [0.4, 0.5) is 4.39 Å². The molecule has 0 amide bonds. The van der Waals surface area contributed by atoms with Crippen molar-refractivity contribution in [2.24, 2.45) is 0 Å². The summed E-state index contributed by atoms with van der Waals surface area (Å²) in [5, 5.41) is 7.64. The lowest BCUT2D eigenvalue weighted by molar-refractivity contribution is 0.329. The minimum atomic E-state index is -0.243. The van der Waals surface area contributed by atoms with E-state index in [1.54, 1.807) is 6.07 Å². The first kappa shape index (κ1) is 12.0. The lowest BCUT2D eigenvalue weighted by Crippen LogP contribution is -2.21. The van der Waals surface area contributed by atoms with Crippen molar-refractivity contribution in [3.63, 3.8) is 0 Å². The fraction of sp³-hybridized carbons (Fsp3) is 0.467. The van der Waals surface area contributed by atoms with Crippen LogP contribution in [0.25, 0.3) is 11.4 Å². The molecule has 3 heterocycles. The number of benzene rings is 1. The molecular formula is C15H16FN3O. The Kier molecular flexibility index (Phi) is 2.63. The monoisotopic (exact) mass is 273 g/mol. The van der Waals surface area contributed by atoms with Gasteiger partial charge < -0.3 is 9.84 Å². The molecule has 3 atom stereocenters. The highest BCUT2D eigenvalue weighted by Gasteiger charge is 2.42. The number of nitrogens with one attached hydrogen (secondary N) is 1. The first-order valence-electron chi connectivity index (χ1n) is 7.07. The Morgan fingerprint density at radius 3 is 2.95 bits per heavy atom. The lowest BCUT2D eigenvalue weighted by atomic mass is 9.89. The topological polar surface area (TPSA) is 51.0 Å². The largest absolute Gasteiger partial charge is 0.339 e. The van der Waals surface area contributed by atoms with Crippen molar-refractivity contribution in [1.29, 1.82) is 0 Å². The van der Waals surface area contributed by atoms with E-state index in [1.165, 1.54) is 25.0 Å². The zero-order valence-electron chi connectivity index (χ0n) is 11.3. The SMILES string of the molecule is Cc1cc(F)ccc1-c1noc(C2CC3CCC2N3)n1. The van der Waals surface area contributed by atoms with Crippen LogP contribution in [0.15, 0.2) is 22.7 Å². The highest BCUT2D eigenvalue weighted by molar-refractivity contribution is 5.59. The molecule has 0 spiro atoms. The van der Waals surface area contributed by atoms with E-state index in [0.29, 0.717) is 29.7 Å². The van der Waals surface area contributed by atoms with E-state index in [0.717, 1.165) is 17.5 Å². The Morgan fingerprint density at radius 1 is 1.35 bits per heavy atom. The summed E-state index contributed by atoms with van der Waals surface area (Å²) in [5.74, 6) is 1.35. The molecule has 0 aliphatic carbocycles. The number of nitrogens with zero attached hydrogens (tertiary/aromatic N) is 2. The molecule has 0 saturated carbocycles. The maximum absolute atomic E-state index is 13.1. The summed E-state index contributed by atoms with van der Waals surface area (Å²) in [6.07, 6.45) is 3.51. The summed E-state index contributed by atoms with van der Waals surface area (Å²) in [7, 11) is 0. The van der Waals surface area contributed by atoms with Gasteiger partial charge in [-0.15, -0.1) is 0 Å². The molecule has 2 aliphatic rings. The average Bonchev–Trinajstić information content (AvgIpc) is 3.14. The van der Waals surface area contributed by atoms with Gasteiger partial charge in [0.15, 0.2) is 0 Å². The molecule has 0 radical (unpaired) electrons. The van der Waals surface area contributed by atoms with E-state index >= 15 is 0 Å². The van der Waals surface area contributed by atoms with Gasteiger partial charge in [-0.25, -0.2) is 4.39 Å². The molecule has 104 valence electrons. The molecule has 3 unspecified atom stereocenters. The fourth-order valence-electron chi connectivity index (χ4n) is 3.47. The van der Waals surface area contributed by atoms with Crippen LogP contribution in [0.5, 0.6) is 0 Å². The van der Waals surface area contributed by atoms with E-state index in [-0.39, 0.29) is 5.82 Å². The molecule has 5 heteroatoms. The maximum Gasteiger partial charge on any atom is 0.231 e. The minimum Gasteiger partial charge on any atom is -0.339 e. The highest BCUT2D eigenvalue weighted by Crippen LogP contribution is 2.39. The van der Waals surface area contributed by atoms with Crippen molar-refractivity contribution < 1.29 is 8.91 Å². The van der Waals surface area contributed by atoms with Gasteiger partial charge in [0.1, 0.15) is 5.82 Å². The van der Waals surface area contributed by atoms with Crippen LogP contribution in [0, 0.1) is 12.7 Å². The number of rotatable bonds is 2. The quantitative estimate of drug-likeness (QED) is 0.914. The van der Waals surface area contributed by atoms with E-state index < -0.39 is 0 Å². The predicted molar refractivity (Wildman–Crippen MR) is 71.7 cm³/mol. The standard InChI is InChI=1S/C15H16FN3O/c1-8-6-9(16)2-4-11(8)14-18-15(20-19-14)12-7-10-3-5-13(12)17-10/h2,4,6,10,12-13,17H,3,5,7H2,1H3. The minimum absolute atomic E-state index is 0.243. The number of halogens is 1. The first-order valence-corrected chi connectivity index (χ1v) is 7.07. The Morgan fingerprint density at radius 2 is 2.25 bits per heavy atom. The molecule has 4 rings (SSSR count). The average molecular weight is 273 g/mol. The van der Waals surface area contributed by atoms with Crippen LogP contribution in [-0.2, 0) is 0 Å². The van der Waals surface area contributed by atoms with Crippen molar-refractivity contribution in [2.75, 3.05) is 0 Å². The number of hydrogen-bond acceptors (Lipinski definition) is 4. The van der Waals surface area contributed by atoms with Gasteiger partial charge in [-0.1, -0.05) is 5.16 Å². The Labute approximate surface area is 116 Å². The number of hydrogen-bond donors (Lipinski definition) is 1. The number of fused-ring (bicyclic) bond motifs is 2. The zero-order chi connectivity index (χ0) is 13.7. The molecule has 2 fully saturated rings. The molecule has 4 nitrogen and oxygen atoms in total. The van der Waals surface area contributed by atoms with Crippen LogP contribution in [0.3, 0.4) is 0 Å². The first-order chi connectivity index (χ1) is 9.70. The van der Waals surface area contributed by atoms with Gasteiger partial charge in [-0.2, -0.15) is 4.98 Å². The Bertz CT molecular complexity index is 654. The molecule has 2 bridgehead atoms. The summed E-state index contributed by atoms with van der Waals surface area (Å²) in [6.45, 7) is 1.85. The predicted octanol–water partition coefficient (Wildman–Crippen LogP) is 2.79. The Hall–Kier alpha value is -1.75. The van der Waals surface area contributed by atoms with E-state index in [4.69, 9.17) is 4.52 Å². The summed E-state index contributed by atoms with van der Waals surface area (Å²) in [6, 6.07) is 5.70. The molecule has 1 aromatic carbocycles. The van der Waals surface area contributed by atoms with Gasteiger partial charge in [0.05, 0.1) is 5.92 Å². The van der Waals surface area contributed by atoms with Crippen molar-refractivity contribution in [3.8, 4) is 11.4 Å². The van der Waals surface area contributed by atoms with Crippen LogP contribution in [0.1, 0.15) is 36.6 Å². The third-order valence-corrected chi connectivity index (χ3v) is 4.49. The van der Waals surface area contributed by atoms with Gasteiger partial charge in [0.25, 0.3) is 0 Å². The normalized spacial score (nSPS) is 28.2. The fourth-order valence-corrected chi connectivity index (χ4v) is 3.47. The zero-order valence-corrected chi connectivity index (χ0v) is 11.3. The second-order valence-electron chi connectivity index (χ2n) is 5.81. The van der Waals surface area contributed by atoms with Crippen LogP contribution in [0.2, 0.25) is 0 Å². The van der Waals surface area contributed by atoms with Crippen molar-refractivity contribution >= 4 is 0 Å². The van der Waals surface area contributed by atoms with Gasteiger partial charge in [0, 0.05) is 17.6 Å². The lowest BCUT2D eigenvalue weighted by Gasteiger charge is -2.15. The van der Waals surface area contributed by atoms with E-state index in [1.807, 2.05) is 6.92 Å². The smallest absolute Gasteiger partial charge is 0.231 e. The second-order valence-corrected chi connectivity index (χ2v) is 5.81. The molecule has 1 N–H and O–H groups in total. The van der Waals surface area contributed by atoms with Crippen molar-refractivity contribution in [1.82, 2.24) is 15.5 Å². The molecule has 2 aromatic rings. The van der Waals surface area contributed by atoms with E-state index in [2.05, 4.69) is 15.5 Å². The molecule has 2 aliphatic heterocycles. The van der Waals surface area contributed by atoms with Crippen LogP contribution in [-0.4, -0.2) is 22.2 Å². The van der Waals surface area contributed by atoms with Gasteiger partial charge >= 0.3 is 0 Å². The Balaban J connectivity index is 1.65. The van der Waals surface area contributed by atoms with Gasteiger partial charge in [-0.05, 0) is 49.9 Å². The number of aryl methyl sites for hydroxylation is 1. The van der Waals surface area contributed by atoms with Crippen molar-refractivity contribution in [3.05, 3.63) is 35.5 Å². The molecule has 1 aromatic heterocycles.